The second-order valence-electron chi connectivity index (χ2n) is 8.11. The molecule has 0 bridgehead atoms. The number of halogens is 3. The molecule has 3 aromatic heterocycles. The maximum Gasteiger partial charge on any atom is 0.433 e. The van der Waals surface area contributed by atoms with Gasteiger partial charge in [-0.05, 0) is 55.9 Å². The molecule has 3 heterocycles. The van der Waals surface area contributed by atoms with Crippen LogP contribution in [-0.4, -0.2) is 31.5 Å². The molecule has 0 spiro atoms. The van der Waals surface area contributed by atoms with E-state index in [1.54, 1.807) is 12.1 Å². The molecule has 1 aliphatic carbocycles. The van der Waals surface area contributed by atoms with Crippen LogP contribution < -0.4 is 5.63 Å². The van der Waals surface area contributed by atoms with Crippen molar-refractivity contribution in [2.45, 2.75) is 37.9 Å². The van der Waals surface area contributed by atoms with E-state index >= 15 is 0 Å². The number of hydrogen-bond acceptors (Lipinski definition) is 6. The molecule has 0 saturated heterocycles. The van der Waals surface area contributed by atoms with Crippen molar-refractivity contribution in [1.82, 2.24) is 19.7 Å². The number of fused-ring (bicyclic) bond motifs is 2. The summed E-state index contributed by atoms with van der Waals surface area (Å²) in [5.41, 5.74) is -1.07. The van der Waals surface area contributed by atoms with E-state index in [-0.39, 0.29) is 29.6 Å². The first-order valence-corrected chi connectivity index (χ1v) is 10.3. The molecule has 7 nitrogen and oxygen atoms in total. The van der Waals surface area contributed by atoms with Crippen LogP contribution in [0.1, 0.15) is 37.4 Å². The summed E-state index contributed by atoms with van der Waals surface area (Å²) in [6.45, 7) is 0.198. The fraction of sp³-hybridized carbons (Fsp3) is 0.364. The van der Waals surface area contributed by atoms with E-state index in [4.69, 9.17) is 4.42 Å². The van der Waals surface area contributed by atoms with Gasteiger partial charge in [0.05, 0.1) is 22.5 Å². The molecule has 1 aromatic carbocycles. The van der Waals surface area contributed by atoms with Crippen molar-refractivity contribution < 1.29 is 22.7 Å². The topological polar surface area (TPSA) is 94.0 Å². The van der Waals surface area contributed by atoms with Gasteiger partial charge < -0.3 is 9.52 Å². The van der Waals surface area contributed by atoms with Crippen molar-refractivity contribution in [2.24, 2.45) is 5.92 Å². The summed E-state index contributed by atoms with van der Waals surface area (Å²) in [4.78, 5) is 20.4. The highest BCUT2D eigenvalue weighted by Crippen LogP contribution is 2.33. The summed E-state index contributed by atoms with van der Waals surface area (Å²) < 4.78 is 46.0. The number of nitrogens with zero attached hydrogens (tertiary/aromatic N) is 4. The number of aromatic nitrogens is 4. The van der Waals surface area contributed by atoms with Gasteiger partial charge in [-0.15, -0.1) is 0 Å². The SMILES string of the molecule is O=c1oc(-c2cccc(C(F)(F)F)n2)nc2cc3cn(C4CCC(CO)CC4)nc3cc12. The molecule has 0 aliphatic heterocycles. The largest absolute Gasteiger partial charge is 0.433 e. The molecule has 1 N–H and O–H groups in total. The predicted molar refractivity (Wildman–Crippen MR) is 110 cm³/mol. The van der Waals surface area contributed by atoms with Crippen molar-refractivity contribution >= 4 is 21.8 Å². The molecule has 1 saturated carbocycles. The van der Waals surface area contributed by atoms with Gasteiger partial charge in [-0.3, -0.25) is 4.68 Å². The number of hydrogen-bond donors (Lipinski definition) is 1. The highest BCUT2D eigenvalue weighted by Gasteiger charge is 2.33. The van der Waals surface area contributed by atoms with Gasteiger partial charge in [0.2, 0.25) is 5.89 Å². The quantitative estimate of drug-likeness (QED) is 0.505. The summed E-state index contributed by atoms with van der Waals surface area (Å²) in [7, 11) is 0. The summed E-state index contributed by atoms with van der Waals surface area (Å²) in [6.07, 6.45) is 0.937. The van der Waals surface area contributed by atoms with E-state index < -0.39 is 17.5 Å². The fourth-order valence-corrected chi connectivity index (χ4v) is 4.21. The van der Waals surface area contributed by atoms with Crippen LogP contribution in [0.2, 0.25) is 0 Å². The normalized spacial score (nSPS) is 19.6. The number of rotatable bonds is 3. The Bertz CT molecular complexity index is 1350. The van der Waals surface area contributed by atoms with Crippen molar-refractivity contribution in [1.29, 1.82) is 0 Å². The molecule has 4 aromatic rings. The summed E-state index contributed by atoms with van der Waals surface area (Å²) in [5.74, 6) is 0.0539. The first kappa shape index (κ1) is 20.6. The van der Waals surface area contributed by atoms with Crippen LogP contribution in [-0.2, 0) is 6.18 Å². The maximum absolute atomic E-state index is 13.0. The third-order valence-corrected chi connectivity index (χ3v) is 5.98. The molecule has 166 valence electrons. The second kappa shape index (κ2) is 7.70. The zero-order chi connectivity index (χ0) is 22.5. The Morgan fingerprint density at radius 2 is 1.88 bits per heavy atom. The first-order chi connectivity index (χ1) is 15.3. The van der Waals surface area contributed by atoms with Gasteiger partial charge in [0.25, 0.3) is 0 Å². The number of benzene rings is 1. The van der Waals surface area contributed by atoms with Gasteiger partial charge in [0, 0.05) is 18.2 Å². The van der Waals surface area contributed by atoms with E-state index in [9.17, 15) is 23.1 Å². The van der Waals surface area contributed by atoms with Gasteiger partial charge >= 0.3 is 11.8 Å². The van der Waals surface area contributed by atoms with Crippen LogP contribution in [0.4, 0.5) is 13.2 Å². The summed E-state index contributed by atoms with van der Waals surface area (Å²) in [6, 6.07) is 6.82. The average Bonchev–Trinajstić information content (AvgIpc) is 3.20. The maximum atomic E-state index is 13.0. The van der Waals surface area contributed by atoms with Gasteiger partial charge in [-0.1, -0.05) is 6.07 Å². The number of aliphatic hydroxyl groups excluding tert-OH is 1. The highest BCUT2D eigenvalue weighted by atomic mass is 19.4. The number of aliphatic hydroxyl groups is 1. The summed E-state index contributed by atoms with van der Waals surface area (Å²) in [5, 5.41) is 14.9. The lowest BCUT2D eigenvalue weighted by molar-refractivity contribution is -0.141. The predicted octanol–water partition coefficient (Wildman–Crippen LogP) is 4.34. The molecule has 0 unspecified atom stereocenters. The zero-order valence-corrected chi connectivity index (χ0v) is 16.8. The minimum Gasteiger partial charge on any atom is -0.401 e. The number of pyridine rings is 1. The van der Waals surface area contributed by atoms with Crippen LogP contribution in [0, 0.1) is 5.92 Å². The van der Waals surface area contributed by atoms with E-state index in [0.29, 0.717) is 17.0 Å². The first-order valence-electron chi connectivity index (χ1n) is 10.3. The standard InChI is InChI=1S/C22H19F3N4O3/c23-22(24,25)19-3-1-2-16(26-19)20-27-18-8-13-10-29(14-6-4-12(11-30)5-7-14)28-17(13)9-15(18)21(31)32-20/h1-3,8-10,12,14,30H,4-7,11H2. The molecule has 5 rings (SSSR count). The number of alkyl halides is 3. The second-order valence-corrected chi connectivity index (χ2v) is 8.11. The molecule has 10 heteroatoms. The summed E-state index contributed by atoms with van der Waals surface area (Å²) >= 11 is 0. The Balaban J connectivity index is 1.54. The lowest BCUT2D eigenvalue weighted by Crippen LogP contribution is -2.20. The highest BCUT2D eigenvalue weighted by molar-refractivity contribution is 5.94. The Morgan fingerprint density at radius 1 is 1.09 bits per heavy atom. The molecule has 0 radical (unpaired) electrons. The van der Waals surface area contributed by atoms with E-state index in [1.165, 1.54) is 12.1 Å². The van der Waals surface area contributed by atoms with E-state index in [1.807, 2.05) is 10.9 Å². The molecule has 32 heavy (non-hydrogen) atoms. The minimum absolute atomic E-state index is 0.171. The lowest BCUT2D eigenvalue weighted by Gasteiger charge is -2.27. The Morgan fingerprint density at radius 3 is 2.59 bits per heavy atom. The van der Waals surface area contributed by atoms with Crippen molar-refractivity contribution in [2.75, 3.05) is 6.61 Å². The van der Waals surface area contributed by atoms with Crippen LogP contribution >= 0.6 is 0 Å². The lowest BCUT2D eigenvalue weighted by atomic mass is 9.87. The van der Waals surface area contributed by atoms with Gasteiger partial charge in [-0.2, -0.15) is 18.3 Å². The van der Waals surface area contributed by atoms with Crippen LogP contribution in [0.25, 0.3) is 33.4 Å². The van der Waals surface area contributed by atoms with Crippen molar-refractivity contribution in [3.8, 4) is 11.6 Å². The molecule has 1 aliphatic rings. The molecular formula is C22H19F3N4O3. The minimum atomic E-state index is -4.62. The molecular weight excluding hydrogens is 425 g/mol. The van der Waals surface area contributed by atoms with Gasteiger partial charge in [0.1, 0.15) is 11.4 Å². The molecule has 1 fully saturated rings. The monoisotopic (exact) mass is 444 g/mol. The Kier molecular flexibility index (Phi) is 4.96. The van der Waals surface area contributed by atoms with Crippen molar-refractivity contribution in [3.05, 3.63) is 52.6 Å². The van der Waals surface area contributed by atoms with Crippen LogP contribution in [0.15, 0.2) is 45.7 Å². The molecule has 0 atom stereocenters. The van der Waals surface area contributed by atoms with Crippen LogP contribution in [0.3, 0.4) is 0 Å². The van der Waals surface area contributed by atoms with Gasteiger partial charge in [-0.25, -0.2) is 14.8 Å². The van der Waals surface area contributed by atoms with Crippen LogP contribution in [0.5, 0.6) is 0 Å². The van der Waals surface area contributed by atoms with Crippen molar-refractivity contribution in [3.63, 3.8) is 0 Å². The molecule has 0 amide bonds. The van der Waals surface area contributed by atoms with E-state index in [0.717, 1.165) is 37.1 Å². The zero-order valence-electron chi connectivity index (χ0n) is 16.8. The van der Waals surface area contributed by atoms with E-state index in [2.05, 4.69) is 15.1 Å². The Hall–Kier alpha value is -3.27. The van der Waals surface area contributed by atoms with Gasteiger partial charge in [0.15, 0.2) is 0 Å². The Labute approximate surface area is 179 Å². The smallest absolute Gasteiger partial charge is 0.401 e. The third-order valence-electron chi connectivity index (χ3n) is 5.98. The average molecular weight is 444 g/mol. The third kappa shape index (κ3) is 3.75. The fourth-order valence-electron chi connectivity index (χ4n) is 4.21.